The molecule has 0 fully saturated rings. The fourth-order valence-electron chi connectivity index (χ4n) is 0.900. The first-order valence-corrected chi connectivity index (χ1v) is 3.53. The standard InChI is InChI=1S/C8H9BO3/c1-12-8(11)5-2-3-7(10)6(9)4-5/h2-4,10H,9H2,1H3. The number of rotatable bonds is 1. The number of benzene rings is 1. The topological polar surface area (TPSA) is 46.5 Å². The van der Waals surface area contributed by atoms with Crippen LogP contribution in [0.5, 0.6) is 5.75 Å². The summed E-state index contributed by atoms with van der Waals surface area (Å²) >= 11 is 0. The van der Waals surface area contributed by atoms with Gasteiger partial charge in [-0.1, -0.05) is 6.07 Å². The van der Waals surface area contributed by atoms with Gasteiger partial charge in [-0.2, -0.15) is 0 Å². The molecule has 62 valence electrons. The Balaban J connectivity index is 3.05. The molecular formula is C8H9BO3. The molecule has 0 saturated heterocycles. The molecule has 12 heavy (non-hydrogen) atoms. The zero-order valence-electron chi connectivity index (χ0n) is 7.00. The second-order valence-electron chi connectivity index (χ2n) is 2.49. The van der Waals surface area contributed by atoms with Crippen molar-refractivity contribution in [2.75, 3.05) is 7.11 Å². The van der Waals surface area contributed by atoms with Gasteiger partial charge in [0, 0.05) is 0 Å². The smallest absolute Gasteiger partial charge is 0.337 e. The Morgan fingerprint density at radius 3 is 2.75 bits per heavy atom. The first kappa shape index (κ1) is 8.65. The Morgan fingerprint density at radius 1 is 1.58 bits per heavy atom. The molecule has 0 aliphatic carbocycles. The maximum absolute atomic E-state index is 11.0. The van der Waals surface area contributed by atoms with E-state index in [0.717, 1.165) is 0 Å². The van der Waals surface area contributed by atoms with E-state index in [0.29, 0.717) is 11.0 Å². The highest BCUT2D eigenvalue weighted by molar-refractivity contribution is 6.34. The molecule has 0 aromatic heterocycles. The molecule has 0 unspecified atom stereocenters. The maximum atomic E-state index is 11.0. The summed E-state index contributed by atoms with van der Waals surface area (Å²) in [5, 5.41) is 9.15. The number of carbonyl (C=O) groups is 1. The van der Waals surface area contributed by atoms with Gasteiger partial charge in [0.25, 0.3) is 0 Å². The lowest BCUT2D eigenvalue weighted by Gasteiger charge is -2.01. The van der Waals surface area contributed by atoms with E-state index >= 15 is 0 Å². The average molecular weight is 164 g/mol. The van der Waals surface area contributed by atoms with E-state index in [1.165, 1.54) is 19.2 Å². The Morgan fingerprint density at radius 2 is 2.25 bits per heavy atom. The van der Waals surface area contributed by atoms with E-state index in [1.807, 2.05) is 0 Å². The number of carbonyl (C=O) groups excluding carboxylic acids is 1. The number of esters is 1. The van der Waals surface area contributed by atoms with Crippen LogP contribution >= 0.6 is 0 Å². The number of phenols is 1. The molecule has 1 rings (SSSR count). The minimum Gasteiger partial charge on any atom is -0.509 e. The Labute approximate surface area is 71.4 Å². The second kappa shape index (κ2) is 3.30. The minimum atomic E-state index is -0.391. The van der Waals surface area contributed by atoms with Crippen LogP contribution in [0.15, 0.2) is 18.2 Å². The quantitative estimate of drug-likeness (QED) is 0.446. The monoisotopic (exact) mass is 164 g/mol. The highest BCUT2D eigenvalue weighted by Gasteiger charge is 2.05. The van der Waals surface area contributed by atoms with Crippen LogP contribution in [0.4, 0.5) is 0 Å². The van der Waals surface area contributed by atoms with Crippen molar-refractivity contribution in [2.24, 2.45) is 0 Å². The van der Waals surface area contributed by atoms with Crippen LogP contribution in [0.25, 0.3) is 0 Å². The predicted octanol–water partition coefficient (Wildman–Crippen LogP) is -0.563. The van der Waals surface area contributed by atoms with Gasteiger partial charge in [-0.25, -0.2) is 4.79 Å². The highest BCUT2D eigenvalue weighted by atomic mass is 16.5. The zero-order valence-corrected chi connectivity index (χ0v) is 7.00. The van der Waals surface area contributed by atoms with Gasteiger partial charge in [0.2, 0.25) is 0 Å². The lowest BCUT2D eigenvalue weighted by Crippen LogP contribution is -2.08. The van der Waals surface area contributed by atoms with Crippen molar-refractivity contribution >= 4 is 19.3 Å². The van der Waals surface area contributed by atoms with E-state index < -0.39 is 5.97 Å². The van der Waals surface area contributed by atoms with Gasteiger partial charge in [0.05, 0.1) is 12.7 Å². The minimum absolute atomic E-state index is 0.183. The number of phenolic OH excluding ortho intramolecular Hbond substituents is 1. The van der Waals surface area contributed by atoms with E-state index in [9.17, 15) is 4.79 Å². The number of aromatic hydroxyl groups is 1. The molecule has 1 N–H and O–H groups in total. The van der Waals surface area contributed by atoms with Crippen LogP contribution in [-0.4, -0.2) is 26.0 Å². The number of hydrogen-bond donors (Lipinski definition) is 1. The van der Waals surface area contributed by atoms with Crippen molar-refractivity contribution in [3.63, 3.8) is 0 Å². The van der Waals surface area contributed by atoms with Gasteiger partial charge >= 0.3 is 5.97 Å². The van der Waals surface area contributed by atoms with Crippen molar-refractivity contribution in [1.29, 1.82) is 0 Å². The van der Waals surface area contributed by atoms with Crippen LogP contribution in [0, 0.1) is 0 Å². The lowest BCUT2D eigenvalue weighted by molar-refractivity contribution is 0.0601. The van der Waals surface area contributed by atoms with Crippen molar-refractivity contribution in [1.82, 2.24) is 0 Å². The van der Waals surface area contributed by atoms with Crippen molar-refractivity contribution in [2.45, 2.75) is 0 Å². The van der Waals surface area contributed by atoms with Crippen LogP contribution in [0.2, 0.25) is 0 Å². The number of ether oxygens (including phenoxy) is 1. The summed E-state index contributed by atoms with van der Waals surface area (Å²) in [7, 11) is 3.05. The first-order valence-electron chi connectivity index (χ1n) is 3.53. The van der Waals surface area contributed by atoms with E-state index in [-0.39, 0.29) is 5.75 Å². The molecule has 4 heteroatoms. The fraction of sp³-hybridized carbons (Fsp3) is 0.125. The summed E-state index contributed by atoms with van der Waals surface area (Å²) in [6.45, 7) is 0. The third-order valence-electron chi connectivity index (χ3n) is 1.62. The normalized spacial score (nSPS) is 9.42. The third-order valence-corrected chi connectivity index (χ3v) is 1.62. The van der Waals surface area contributed by atoms with Crippen LogP contribution in [0.3, 0.4) is 0 Å². The van der Waals surface area contributed by atoms with Gasteiger partial charge in [-0.05, 0) is 17.6 Å². The Hall–Kier alpha value is -1.45. The Kier molecular flexibility index (Phi) is 2.38. The summed E-state index contributed by atoms with van der Waals surface area (Å²) < 4.78 is 4.51. The zero-order chi connectivity index (χ0) is 9.14. The first-order chi connectivity index (χ1) is 5.65. The molecule has 1 aromatic carbocycles. The average Bonchev–Trinajstić information content (AvgIpc) is 2.08. The second-order valence-corrected chi connectivity index (χ2v) is 2.49. The summed E-state index contributed by atoms with van der Waals surface area (Å²) in [6.07, 6.45) is 0. The Bertz CT molecular complexity index is 309. The molecule has 0 saturated carbocycles. The van der Waals surface area contributed by atoms with Gasteiger partial charge in [-0.3, -0.25) is 0 Å². The molecule has 0 bridgehead atoms. The van der Waals surface area contributed by atoms with Gasteiger partial charge in [0.1, 0.15) is 13.6 Å². The summed E-state index contributed by atoms with van der Waals surface area (Å²) in [5.41, 5.74) is 1.12. The molecule has 0 aliphatic heterocycles. The van der Waals surface area contributed by atoms with Crippen molar-refractivity contribution in [3.8, 4) is 5.75 Å². The molecule has 0 amide bonds. The van der Waals surface area contributed by atoms with E-state index in [4.69, 9.17) is 5.11 Å². The number of hydrogen-bond acceptors (Lipinski definition) is 3. The van der Waals surface area contributed by atoms with Crippen LogP contribution in [-0.2, 0) is 4.74 Å². The molecule has 3 nitrogen and oxygen atoms in total. The van der Waals surface area contributed by atoms with Gasteiger partial charge in [0.15, 0.2) is 0 Å². The number of methoxy groups -OCH3 is 1. The highest BCUT2D eigenvalue weighted by Crippen LogP contribution is 2.06. The molecular weight excluding hydrogens is 155 g/mol. The fourth-order valence-corrected chi connectivity index (χ4v) is 0.900. The SMILES string of the molecule is Bc1cc(C(=O)OC)ccc1O. The molecule has 1 aromatic rings. The molecule has 0 radical (unpaired) electrons. The van der Waals surface area contributed by atoms with Crippen molar-refractivity contribution in [3.05, 3.63) is 23.8 Å². The van der Waals surface area contributed by atoms with Crippen LogP contribution < -0.4 is 5.46 Å². The van der Waals surface area contributed by atoms with Crippen LogP contribution in [0.1, 0.15) is 10.4 Å². The van der Waals surface area contributed by atoms with Gasteiger partial charge in [-0.15, -0.1) is 0 Å². The summed E-state index contributed by atoms with van der Waals surface area (Å²) in [5.74, 6) is -0.208. The molecule has 0 heterocycles. The molecule has 0 spiro atoms. The third kappa shape index (κ3) is 1.58. The largest absolute Gasteiger partial charge is 0.509 e. The lowest BCUT2D eigenvalue weighted by atomic mass is 9.93. The van der Waals surface area contributed by atoms with E-state index in [1.54, 1.807) is 13.9 Å². The van der Waals surface area contributed by atoms with Gasteiger partial charge < -0.3 is 9.84 Å². The van der Waals surface area contributed by atoms with E-state index in [2.05, 4.69) is 4.74 Å². The van der Waals surface area contributed by atoms with Crippen molar-refractivity contribution < 1.29 is 14.6 Å². The summed E-state index contributed by atoms with van der Waals surface area (Å²) in [6, 6.07) is 4.58. The summed E-state index contributed by atoms with van der Waals surface area (Å²) in [4.78, 5) is 11.0. The molecule has 0 aliphatic rings. The maximum Gasteiger partial charge on any atom is 0.337 e. The predicted molar refractivity (Wildman–Crippen MR) is 47.6 cm³/mol. The molecule has 0 atom stereocenters.